The first kappa shape index (κ1) is 17.1. The Balaban J connectivity index is 1.70. The zero-order valence-electron chi connectivity index (χ0n) is 14.3. The summed E-state index contributed by atoms with van der Waals surface area (Å²) in [6.45, 7) is 4.28. The minimum absolute atomic E-state index is 0.110. The largest absolute Gasteiger partial charge is 0.464 e. The number of nitrogens with one attached hydrogen (secondary N) is 1. The molecule has 7 heteroatoms. The molecule has 0 bridgehead atoms. The van der Waals surface area contributed by atoms with Gasteiger partial charge in [-0.3, -0.25) is 4.79 Å². The van der Waals surface area contributed by atoms with Gasteiger partial charge >= 0.3 is 0 Å². The Kier molecular flexibility index (Phi) is 4.65. The Morgan fingerprint density at radius 3 is 2.81 bits per heavy atom. The molecular weight excluding hydrogens is 398 g/mol. The van der Waals surface area contributed by atoms with E-state index in [2.05, 4.69) is 26.2 Å². The number of furan rings is 1. The second kappa shape index (κ2) is 7.09. The van der Waals surface area contributed by atoms with Gasteiger partial charge in [0.15, 0.2) is 0 Å². The van der Waals surface area contributed by atoms with Crippen LogP contribution < -0.4 is 5.32 Å². The van der Waals surface area contributed by atoms with Crippen molar-refractivity contribution >= 4 is 44.3 Å². The number of morpholine rings is 1. The molecule has 0 unspecified atom stereocenters. The predicted molar refractivity (Wildman–Crippen MR) is 103 cm³/mol. The summed E-state index contributed by atoms with van der Waals surface area (Å²) in [5.74, 6) is 0.496. The van der Waals surface area contributed by atoms with E-state index in [-0.39, 0.29) is 5.91 Å². The Morgan fingerprint density at radius 1 is 1.23 bits per heavy atom. The number of carbonyl (C=O) groups excluding carboxylic acids is 1. The molecule has 2 aromatic heterocycles. The van der Waals surface area contributed by atoms with Crippen LogP contribution in [0.3, 0.4) is 0 Å². The number of aromatic nitrogens is 1. The van der Waals surface area contributed by atoms with Crippen LogP contribution in [0.4, 0.5) is 11.5 Å². The lowest BCUT2D eigenvalue weighted by molar-refractivity contribution is 0.0299. The maximum atomic E-state index is 12.8. The second-order valence-corrected chi connectivity index (χ2v) is 7.04. The summed E-state index contributed by atoms with van der Waals surface area (Å²) in [5.41, 5.74) is 3.01. The zero-order valence-corrected chi connectivity index (χ0v) is 15.9. The summed E-state index contributed by atoms with van der Waals surface area (Å²) in [4.78, 5) is 19.1. The lowest BCUT2D eigenvalue weighted by Gasteiger charge is -2.26. The minimum Gasteiger partial charge on any atom is -0.464 e. The molecule has 3 aromatic rings. The van der Waals surface area contributed by atoms with Crippen molar-refractivity contribution in [3.8, 4) is 0 Å². The number of carbonyl (C=O) groups is 1. The van der Waals surface area contributed by atoms with Gasteiger partial charge < -0.3 is 19.4 Å². The Morgan fingerprint density at radius 2 is 2.04 bits per heavy atom. The molecule has 3 heterocycles. The van der Waals surface area contributed by atoms with Crippen molar-refractivity contribution < 1.29 is 13.9 Å². The van der Waals surface area contributed by atoms with E-state index >= 15 is 0 Å². The van der Waals surface area contributed by atoms with Crippen molar-refractivity contribution in [3.05, 3.63) is 52.3 Å². The van der Waals surface area contributed by atoms with Crippen LogP contribution in [0.25, 0.3) is 11.0 Å². The summed E-state index contributed by atoms with van der Waals surface area (Å²) < 4.78 is 11.9. The topological polar surface area (TPSA) is 67.6 Å². The van der Waals surface area contributed by atoms with Gasteiger partial charge in [0.1, 0.15) is 17.1 Å². The first-order valence-electron chi connectivity index (χ1n) is 8.40. The van der Waals surface area contributed by atoms with Gasteiger partial charge in [0.05, 0.1) is 24.9 Å². The standard InChI is InChI=1S/C19H18BrN3O3/c1-12-10-13(2-3-15(12)20)21-18-14-4-7-26-17(14)11-16(22-18)19(24)23-5-8-25-9-6-23/h2-4,7,10-11H,5-6,8-9H2,1H3,(H,21,22). The van der Waals surface area contributed by atoms with E-state index < -0.39 is 0 Å². The van der Waals surface area contributed by atoms with E-state index in [0.717, 1.165) is 21.1 Å². The summed E-state index contributed by atoms with van der Waals surface area (Å²) in [6.07, 6.45) is 1.60. The van der Waals surface area contributed by atoms with Crippen LogP contribution >= 0.6 is 15.9 Å². The fourth-order valence-electron chi connectivity index (χ4n) is 2.96. The molecule has 1 aromatic carbocycles. The van der Waals surface area contributed by atoms with Crippen molar-refractivity contribution in [1.29, 1.82) is 0 Å². The highest BCUT2D eigenvalue weighted by atomic mass is 79.9. The van der Waals surface area contributed by atoms with E-state index in [1.807, 2.05) is 31.2 Å². The van der Waals surface area contributed by atoms with Crippen molar-refractivity contribution in [2.75, 3.05) is 31.6 Å². The number of nitrogens with zero attached hydrogens (tertiary/aromatic N) is 2. The van der Waals surface area contributed by atoms with Crippen molar-refractivity contribution in [3.63, 3.8) is 0 Å². The molecule has 134 valence electrons. The number of amides is 1. The van der Waals surface area contributed by atoms with Crippen molar-refractivity contribution in [1.82, 2.24) is 9.88 Å². The Hall–Kier alpha value is -2.38. The summed E-state index contributed by atoms with van der Waals surface area (Å²) >= 11 is 3.50. The fourth-order valence-corrected chi connectivity index (χ4v) is 3.20. The second-order valence-electron chi connectivity index (χ2n) is 6.18. The first-order valence-corrected chi connectivity index (χ1v) is 9.19. The van der Waals surface area contributed by atoms with E-state index in [4.69, 9.17) is 9.15 Å². The third-order valence-corrected chi connectivity index (χ3v) is 5.28. The van der Waals surface area contributed by atoms with Gasteiger partial charge in [-0.1, -0.05) is 15.9 Å². The number of pyridine rings is 1. The van der Waals surface area contributed by atoms with Crippen LogP contribution in [0.1, 0.15) is 16.1 Å². The molecule has 1 saturated heterocycles. The van der Waals surface area contributed by atoms with Crippen LogP contribution in [0.2, 0.25) is 0 Å². The molecule has 0 radical (unpaired) electrons. The average Bonchev–Trinajstić information content (AvgIpc) is 3.14. The normalized spacial score (nSPS) is 14.6. The van der Waals surface area contributed by atoms with E-state index in [0.29, 0.717) is 43.4 Å². The SMILES string of the molecule is Cc1cc(Nc2nc(C(=O)N3CCOCC3)cc3occc23)ccc1Br. The van der Waals surface area contributed by atoms with Gasteiger partial charge in [-0.2, -0.15) is 0 Å². The smallest absolute Gasteiger partial charge is 0.272 e. The maximum absolute atomic E-state index is 12.8. The third kappa shape index (κ3) is 3.32. The summed E-state index contributed by atoms with van der Waals surface area (Å²) in [7, 11) is 0. The van der Waals surface area contributed by atoms with E-state index in [1.165, 1.54) is 0 Å². The molecule has 1 aliphatic heterocycles. The molecule has 1 fully saturated rings. The Labute approximate surface area is 159 Å². The summed E-state index contributed by atoms with van der Waals surface area (Å²) in [6, 6.07) is 9.51. The van der Waals surface area contributed by atoms with Crippen molar-refractivity contribution in [2.24, 2.45) is 0 Å². The highest BCUT2D eigenvalue weighted by molar-refractivity contribution is 9.10. The molecule has 0 aliphatic carbocycles. The van der Waals surface area contributed by atoms with Crippen molar-refractivity contribution in [2.45, 2.75) is 6.92 Å². The van der Waals surface area contributed by atoms with Gasteiger partial charge in [-0.25, -0.2) is 4.98 Å². The highest BCUT2D eigenvalue weighted by Crippen LogP contribution is 2.28. The third-order valence-electron chi connectivity index (χ3n) is 4.39. The predicted octanol–water partition coefficient (Wildman–Crippen LogP) is 4.11. The van der Waals surface area contributed by atoms with Crippen LogP contribution in [-0.2, 0) is 4.74 Å². The zero-order chi connectivity index (χ0) is 18.1. The highest BCUT2D eigenvalue weighted by Gasteiger charge is 2.22. The first-order chi connectivity index (χ1) is 12.6. The molecule has 1 aliphatic rings. The van der Waals surface area contributed by atoms with Crippen LogP contribution in [0.15, 0.2) is 45.5 Å². The van der Waals surface area contributed by atoms with E-state index in [9.17, 15) is 4.79 Å². The number of halogens is 1. The molecule has 6 nitrogen and oxygen atoms in total. The van der Waals surface area contributed by atoms with Crippen LogP contribution in [-0.4, -0.2) is 42.1 Å². The van der Waals surface area contributed by atoms with Gasteiger partial charge in [0.25, 0.3) is 5.91 Å². The number of hydrogen-bond acceptors (Lipinski definition) is 5. The molecule has 1 amide bonds. The Bertz CT molecular complexity index is 964. The lowest BCUT2D eigenvalue weighted by atomic mass is 10.2. The minimum atomic E-state index is -0.110. The molecule has 0 atom stereocenters. The van der Waals surface area contributed by atoms with Gasteiger partial charge in [-0.15, -0.1) is 0 Å². The lowest BCUT2D eigenvalue weighted by Crippen LogP contribution is -2.41. The molecule has 4 rings (SSSR count). The molecular formula is C19H18BrN3O3. The molecule has 0 saturated carbocycles. The fraction of sp³-hybridized carbons (Fsp3) is 0.263. The number of hydrogen-bond donors (Lipinski definition) is 1. The molecule has 0 spiro atoms. The van der Waals surface area contributed by atoms with Gasteiger partial charge in [0, 0.05) is 29.3 Å². The van der Waals surface area contributed by atoms with Crippen LogP contribution in [0.5, 0.6) is 0 Å². The number of ether oxygens (including phenoxy) is 1. The monoisotopic (exact) mass is 415 g/mol. The number of rotatable bonds is 3. The maximum Gasteiger partial charge on any atom is 0.272 e. The van der Waals surface area contributed by atoms with Gasteiger partial charge in [0.2, 0.25) is 0 Å². The average molecular weight is 416 g/mol. The number of fused-ring (bicyclic) bond motifs is 1. The molecule has 26 heavy (non-hydrogen) atoms. The number of benzene rings is 1. The van der Waals surface area contributed by atoms with Gasteiger partial charge in [-0.05, 0) is 36.8 Å². The van der Waals surface area contributed by atoms with E-state index in [1.54, 1.807) is 17.2 Å². The summed E-state index contributed by atoms with van der Waals surface area (Å²) in [5, 5.41) is 4.15. The molecule has 1 N–H and O–H groups in total. The number of aryl methyl sites for hydroxylation is 1. The van der Waals surface area contributed by atoms with Crippen LogP contribution in [0, 0.1) is 6.92 Å². The number of anilines is 2. The quantitative estimate of drug-likeness (QED) is 0.696.